The molecule has 1 aromatic carbocycles. The van der Waals surface area contributed by atoms with Crippen LogP contribution in [0.1, 0.15) is 17.2 Å². The normalized spacial score (nSPS) is 18.7. The number of rotatable bonds is 1. The van der Waals surface area contributed by atoms with Crippen molar-refractivity contribution in [2.75, 3.05) is 5.32 Å². The molecule has 0 saturated carbocycles. The molecule has 0 unspecified atom stereocenters. The van der Waals surface area contributed by atoms with Crippen LogP contribution in [-0.2, 0) is 4.79 Å². The number of pyridine rings is 1. The summed E-state index contributed by atoms with van der Waals surface area (Å²) in [6, 6.07) is 11.8. The average molecular weight is 256 g/mol. The topological polar surface area (TPSA) is 42.0 Å². The molecule has 2 aromatic rings. The Morgan fingerprint density at radius 3 is 2.94 bits per heavy atom. The van der Waals surface area contributed by atoms with Crippen molar-refractivity contribution >= 4 is 23.4 Å². The lowest BCUT2D eigenvalue weighted by Crippen LogP contribution is -2.11. The van der Waals surface area contributed by atoms with E-state index in [-0.39, 0.29) is 11.2 Å². The number of aromatic nitrogens is 1. The van der Waals surface area contributed by atoms with Gasteiger partial charge in [-0.1, -0.05) is 18.2 Å². The highest BCUT2D eigenvalue weighted by atomic mass is 32.2. The van der Waals surface area contributed by atoms with Gasteiger partial charge in [-0.2, -0.15) is 0 Å². The highest BCUT2D eigenvalue weighted by molar-refractivity contribution is 7.99. The summed E-state index contributed by atoms with van der Waals surface area (Å²) in [5, 5.41) is 3.07. The number of hydrogen-bond acceptors (Lipinski definition) is 3. The number of thioether (sulfide) groups is 1. The lowest BCUT2D eigenvalue weighted by molar-refractivity contribution is -0.116. The van der Waals surface area contributed by atoms with E-state index < -0.39 is 0 Å². The van der Waals surface area contributed by atoms with Crippen molar-refractivity contribution in [1.82, 2.24) is 4.98 Å². The van der Waals surface area contributed by atoms with Gasteiger partial charge in [0.25, 0.3) is 0 Å². The molecule has 0 saturated heterocycles. The molecular weight excluding hydrogens is 244 g/mol. The van der Waals surface area contributed by atoms with E-state index >= 15 is 0 Å². The second kappa shape index (κ2) is 4.82. The molecule has 0 radical (unpaired) electrons. The number of nitrogens with one attached hydrogen (secondary N) is 1. The van der Waals surface area contributed by atoms with Crippen LogP contribution in [0.15, 0.2) is 53.7 Å². The first-order valence-corrected chi connectivity index (χ1v) is 6.66. The van der Waals surface area contributed by atoms with Crippen LogP contribution in [0.5, 0.6) is 0 Å². The van der Waals surface area contributed by atoms with Gasteiger partial charge in [-0.3, -0.25) is 9.78 Å². The molecule has 1 N–H and O–H groups in total. The highest BCUT2D eigenvalue weighted by Crippen LogP contribution is 2.43. The van der Waals surface area contributed by atoms with Crippen LogP contribution in [0.3, 0.4) is 0 Å². The minimum atomic E-state index is 0.0568. The van der Waals surface area contributed by atoms with E-state index in [1.54, 1.807) is 18.0 Å². The van der Waals surface area contributed by atoms with Gasteiger partial charge in [0.05, 0.1) is 5.69 Å². The van der Waals surface area contributed by atoms with Gasteiger partial charge >= 0.3 is 0 Å². The highest BCUT2D eigenvalue weighted by Gasteiger charge is 2.23. The summed E-state index contributed by atoms with van der Waals surface area (Å²) in [5.41, 5.74) is 1.99. The van der Waals surface area contributed by atoms with Crippen molar-refractivity contribution in [2.45, 2.75) is 16.6 Å². The molecule has 0 aliphatic carbocycles. The van der Waals surface area contributed by atoms with Gasteiger partial charge in [-0.15, -0.1) is 11.8 Å². The van der Waals surface area contributed by atoms with Crippen LogP contribution in [0.2, 0.25) is 0 Å². The number of para-hydroxylation sites is 1. The first-order chi connectivity index (χ1) is 8.83. The molecule has 2 heterocycles. The standard InChI is InChI=1S/C14H12N2OS/c17-14-8-13(10-4-3-7-15-9-10)18-12-6-2-1-5-11(12)16-14/h1-7,9,13H,8H2,(H,16,17)/t13-/m0/s1. The molecule has 1 aliphatic rings. The molecule has 3 rings (SSSR count). The summed E-state index contributed by atoms with van der Waals surface area (Å²) in [5.74, 6) is 0.0568. The van der Waals surface area contributed by atoms with Gasteiger partial charge in [0, 0.05) is 29.0 Å². The largest absolute Gasteiger partial charge is 0.325 e. The fraction of sp³-hybridized carbons (Fsp3) is 0.143. The number of carbonyl (C=O) groups excluding carboxylic acids is 1. The summed E-state index contributed by atoms with van der Waals surface area (Å²) in [6.45, 7) is 0. The summed E-state index contributed by atoms with van der Waals surface area (Å²) in [6.07, 6.45) is 4.06. The predicted octanol–water partition coefficient (Wildman–Crippen LogP) is 3.26. The van der Waals surface area contributed by atoms with Gasteiger partial charge in [0.2, 0.25) is 5.91 Å². The minimum Gasteiger partial charge on any atom is -0.325 e. The molecule has 1 aromatic heterocycles. The van der Waals surface area contributed by atoms with Crippen LogP contribution in [0, 0.1) is 0 Å². The molecule has 90 valence electrons. The average Bonchev–Trinajstić information content (AvgIpc) is 2.57. The number of nitrogens with zero attached hydrogens (tertiary/aromatic N) is 1. The first-order valence-electron chi connectivity index (χ1n) is 5.78. The number of benzene rings is 1. The molecule has 3 nitrogen and oxygen atoms in total. The first kappa shape index (κ1) is 11.3. The van der Waals surface area contributed by atoms with Crippen molar-refractivity contribution < 1.29 is 4.79 Å². The molecule has 0 bridgehead atoms. The maximum atomic E-state index is 11.9. The van der Waals surface area contributed by atoms with Crippen LogP contribution >= 0.6 is 11.8 Å². The van der Waals surface area contributed by atoms with Gasteiger partial charge in [-0.05, 0) is 23.8 Å². The zero-order valence-electron chi connectivity index (χ0n) is 9.67. The monoisotopic (exact) mass is 256 g/mol. The van der Waals surface area contributed by atoms with Crippen molar-refractivity contribution in [2.24, 2.45) is 0 Å². The Kier molecular flexibility index (Phi) is 3.02. The zero-order chi connectivity index (χ0) is 12.4. The van der Waals surface area contributed by atoms with Crippen molar-refractivity contribution in [3.05, 3.63) is 54.4 Å². The van der Waals surface area contributed by atoms with Gasteiger partial charge < -0.3 is 5.32 Å². The fourth-order valence-electron chi connectivity index (χ4n) is 1.99. The van der Waals surface area contributed by atoms with Crippen LogP contribution in [0.4, 0.5) is 5.69 Å². The molecule has 1 atom stereocenters. The lowest BCUT2D eigenvalue weighted by Gasteiger charge is -2.12. The molecule has 1 amide bonds. The maximum absolute atomic E-state index is 11.9. The maximum Gasteiger partial charge on any atom is 0.225 e. The number of fused-ring (bicyclic) bond motifs is 1. The van der Waals surface area contributed by atoms with E-state index in [1.165, 1.54) is 0 Å². The molecule has 4 heteroatoms. The quantitative estimate of drug-likeness (QED) is 0.851. The SMILES string of the molecule is O=C1C[C@@H](c2cccnc2)Sc2ccccc2N1. The second-order valence-electron chi connectivity index (χ2n) is 4.14. The minimum absolute atomic E-state index is 0.0568. The Bertz CT molecular complexity index is 571. The van der Waals surface area contributed by atoms with Gasteiger partial charge in [-0.25, -0.2) is 0 Å². The third-order valence-corrected chi connectivity index (χ3v) is 4.19. The molecule has 1 aliphatic heterocycles. The van der Waals surface area contributed by atoms with Crippen molar-refractivity contribution in [3.63, 3.8) is 0 Å². The Balaban J connectivity index is 1.97. The summed E-state index contributed by atoms with van der Waals surface area (Å²) in [7, 11) is 0. The van der Waals surface area contributed by atoms with E-state index in [1.807, 2.05) is 42.6 Å². The Hall–Kier alpha value is -1.81. The molecular formula is C14H12N2OS. The van der Waals surface area contributed by atoms with E-state index in [0.717, 1.165) is 16.1 Å². The second-order valence-corrected chi connectivity index (χ2v) is 5.39. The summed E-state index contributed by atoms with van der Waals surface area (Å²) < 4.78 is 0. The molecule has 0 fully saturated rings. The molecule has 18 heavy (non-hydrogen) atoms. The number of hydrogen-bond donors (Lipinski definition) is 1. The smallest absolute Gasteiger partial charge is 0.225 e. The fourth-order valence-corrected chi connectivity index (χ4v) is 3.21. The lowest BCUT2D eigenvalue weighted by atomic mass is 10.1. The van der Waals surface area contributed by atoms with Gasteiger partial charge in [0.1, 0.15) is 0 Å². The predicted molar refractivity (Wildman–Crippen MR) is 72.5 cm³/mol. The van der Waals surface area contributed by atoms with Crippen molar-refractivity contribution in [1.29, 1.82) is 0 Å². The van der Waals surface area contributed by atoms with E-state index in [2.05, 4.69) is 10.3 Å². The Morgan fingerprint density at radius 1 is 1.22 bits per heavy atom. The van der Waals surface area contributed by atoms with Crippen LogP contribution in [-0.4, -0.2) is 10.9 Å². The molecule has 0 spiro atoms. The third-order valence-electron chi connectivity index (χ3n) is 2.86. The zero-order valence-corrected chi connectivity index (χ0v) is 10.5. The summed E-state index contributed by atoms with van der Waals surface area (Å²) in [4.78, 5) is 17.1. The van der Waals surface area contributed by atoms with E-state index in [0.29, 0.717) is 6.42 Å². The number of anilines is 1. The third kappa shape index (κ3) is 2.24. The summed E-state index contributed by atoms with van der Waals surface area (Å²) >= 11 is 1.71. The Labute approximate surface area is 110 Å². The van der Waals surface area contributed by atoms with E-state index in [9.17, 15) is 4.79 Å². The number of amides is 1. The van der Waals surface area contributed by atoms with Crippen LogP contribution < -0.4 is 5.32 Å². The Morgan fingerprint density at radius 2 is 2.11 bits per heavy atom. The van der Waals surface area contributed by atoms with Crippen LogP contribution in [0.25, 0.3) is 0 Å². The number of carbonyl (C=O) groups is 1. The van der Waals surface area contributed by atoms with Gasteiger partial charge in [0.15, 0.2) is 0 Å². The van der Waals surface area contributed by atoms with E-state index in [4.69, 9.17) is 0 Å². The van der Waals surface area contributed by atoms with Crippen molar-refractivity contribution in [3.8, 4) is 0 Å².